The molecule has 0 aliphatic carbocycles. The van der Waals surface area contributed by atoms with E-state index >= 15 is 0 Å². The highest BCUT2D eigenvalue weighted by atomic mass is 16.5. The molecule has 0 heterocycles. The van der Waals surface area contributed by atoms with Gasteiger partial charge >= 0.3 is 12.0 Å². The van der Waals surface area contributed by atoms with Gasteiger partial charge in [-0.1, -0.05) is 12.1 Å². The maximum Gasteiger partial charge on any atom is 0.312 e. The van der Waals surface area contributed by atoms with Crippen molar-refractivity contribution in [3.63, 3.8) is 0 Å². The molecule has 6 N–H and O–H groups in total. The van der Waals surface area contributed by atoms with Crippen LogP contribution in [0.4, 0.5) is 10.5 Å². The van der Waals surface area contributed by atoms with E-state index < -0.39 is 12.1 Å². The van der Waals surface area contributed by atoms with Crippen LogP contribution in [0.15, 0.2) is 24.3 Å². The quantitative estimate of drug-likeness (QED) is 0.407. The lowest BCUT2D eigenvalue weighted by Gasteiger charge is -2.12. The number of primary amides is 1. The van der Waals surface area contributed by atoms with E-state index in [1.807, 2.05) is 0 Å². The van der Waals surface area contributed by atoms with Gasteiger partial charge in [0.2, 0.25) is 5.91 Å². The van der Waals surface area contributed by atoms with Gasteiger partial charge in [0.25, 0.3) is 0 Å². The molecule has 126 valence electrons. The van der Waals surface area contributed by atoms with Crippen molar-refractivity contribution in [2.24, 2.45) is 11.5 Å². The Morgan fingerprint density at radius 3 is 2.43 bits per heavy atom. The highest BCUT2D eigenvalue weighted by Gasteiger charge is 2.13. The number of benzene rings is 1. The number of hydrogen-bond acceptors (Lipinski definition) is 5. The van der Waals surface area contributed by atoms with Crippen molar-refractivity contribution in [1.29, 1.82) is 0 Å². The van der Waals surface area contributed by atoms with Gasteiger partial charge in [0.15, 0.2) is 0 Å². The zero-order valence-electron chi connectivity index (χ0n) is 13.0. The highest BCUT2D eigenvalue weighted by molar-refractivity contribution is 5.94. The lowest BCUT2D eigenvalue weighted by atomic mass is 10.1. The Bertz CT molecular complexity index is 545. The molecule has 8 nitrogen and oxygen atoms in total. The predicted molar refractivity (Wildman–Crippen MR) is 85.3 cm³/mol. The van der Waals surface area contributed by atoms with Crippen molar-refractivity contribution in [3.8, 4) is 0 Å². The third-order valence-electron chi connectivity index (χ3n) is 2.99. The topological polar surface area (TPSA) is 137 Å². The summed E-state index contributed by atoms with van der Waals surface area (Å²) in [4.78, 5) is 33.2. The Labute approximate surface area is 134 Å². The monoisotopic (exact) mass is 322 g/mol. The van der Waals surface area contributed by atoms with E-state index in [1.165, 1.54) is 6.92 Å². The van der Waals surface area contributed by atoms with E-state index in [0.717, 1.165) is 5.56 Å². The van der Waals surface area contributed by atoms with Crippen LogP contribution in [-0.2, 0) is 20.9 Å². The average Bonchev–Trinajstić information content (AvgIpc) is 2.50. The van der Waals surface area contributed by atoms with Gasteiger partial charge in [-0.15, -0.1) is 0 Å². The van der Waals surface area contributed by atoms with E-state index in [0.29, 0.717) is 25.1 Å². The summed E-state index contributed by atoms with van der Waals surface area (Å²) in [5.41, 5.74) is 12.1. The summed E-state index contributed by atoms with van der Waals surface area (Å²) in [6.07, 6.45) is 0.982. The van der Waals surface area contributed by atoms with Gasteiger partial charge < -0.3 is 26.8 Å². The molecule has 0 aromatic heterocycles. The minimum atomic E-state index is -0.676. The standard InChI is InChI=1S/C15H22N4O4/c1-10(20)23-9-11-4-6-12(7-5-11)19-14(21)13(16)3-2-8-18-15(17)22/h4-7,13H,2-3,8-9,16H2,1H3,(H,19,21)(H3,17,18,22)/t13-/m1/s1. The van der Waals surface area contributed by atoms with Crippen LogP contribution in [0.2, 0.25) is 0 Å². The summed E-state index contributed by atoms with van der Waals surface area (Å²) in [6, 6.07) is 5.64. The number of nitrogens with two attached hydrogens (primary N) is 2. The van der Waals surface area contributed by atoms with E-state index in [9.17, 15) is 14.4 Å². The van der Waals surface area contributed by atoms with Crippen LogP contribution in [0, 0.1) is 0 Å². The van der Waals surface area contributed by atoms with Gasteiger partial charge in [0, 0.05) is 19.2 Å². The smallest absolute Gasteiger partial charge is 0.312 e. The third kappa shape index (κ3) is 7.82. The Morgan fingerprint density at radius 2 is 1.87 bits per heavy atom. The molecule has 0 spiro atoms. The van der Waals surface area contributed by atoms with Gasteiger partial charge in [-0.3, -0.25) is 9.59 Å². The molecule has 0 aliphatic rings. The first kappa shape index (κ1) is 18.4. The summed E-state index contributed by atoms with van der Waals surface area (Å²) in [6.45, 7) is 1.91. The highest BCUT2D eigenvalue weighted by Crippen LogP contribution is 2.11. The van der Waals surface area contributed by atoms with Gasteiger partial charge in [0.1, 0.15) is 6.61 Å². The number of anilines is 1. The number of urea groups is 1. The number of ether oxygens (including phenoxy) is 1. The minimum absolute atomic E-state index is 0.190. The van der Waals surface area contributed by atoms with Crippen LogP contribution < -0.4 is 22.1 Å². The number of carbonyl (C=O) groups excluding carboxylic acids is 3. The molecule has 1 aromatic carbocycles. The molecular formula is C15H22N4O4. The minimum Gasteiger partial charge on any atom is -0.461 e. The zero-order valence-corrected chi connectivity index (χ0v) is 13.0. The Morgan fingerprint density at radius 1 is 1.22 bits per heavy atom. The summed E-state index contributed by atoms with van der Waals surface area (Å²) < 4.78 is 4.87. The SMILES string of the molecule is CC(=O)OCc1ccc(NC(=O)[C@H](N)CCCNC(N)=O)cc1. The fourth-order valence-corrected chi connectivity index (χ4v) is 1.77. The molecule has 1 aromatic rings. The van der Waals surface area contributed by atoms with Crippen LogP contribution in [-0.4, -0.2) is 30.5 Å². The molecular weight excluding hydrogens is 300 g/mol. The van der Waals surface area contributed by atoms with Crippen LogP contribution in [0.25, 0.3) is 0 Å². The molecule has 3 amide bonds. The van der Waals surface area contributed by atoms with Crippen molar-refractivity contribution in [2.75, 3.05) is 11.9 Å². The second-order valence-electron chi connectivity index (χ2n) is 5.01. The van der Waals surface area contributed by atoms with Gasteiger partial charge in [-0.2, -0.15) is 0 Å². The number of rotatable bonds is 8. The van der Waals surface area contributed by atoms with E-state index in [-0.39, 0.29) is 18.5 Å². The largest absolute Gasteiger partial charge is 0.461 e. The number of esters is 1. The molecule has 0 saturated carbocycles. The molecule has 0 radical (unpaired) electrons. The summed E-state index contributed by atoms with van der Waals surface area (Å²) >= 11 is 0. The fraction of sp³-hybridized carbons (Fsp3) is 0.400. The van der Waals surface area contributed by atoms with Crippen molar-refractivity contribution < 1.29 is 19.1 Å². The third-order valence-corrected chi connectivity index (χ3v) is 2.99. The molecule has 8 heteroatoms. The molecule has 0 bridgehead atoms. The zero-order chi connectivity index (χ0) is 17.2. The molecule has 1 atom stereocenters. The first-order valence-corrected chi connectivity index (χ1v) is 7.20. The number of hydrogen-bond donors (Lipinski definition) is 4. The van der Waals surface area contributed by atoms with E-state index in [4.69, 9.17) is 16.2 Å². The summed E-state index contributed by atoms with van der Waals surface area (Å²) in [5, 5.41) is 5.13. The summed E-state index contributed by atoms with van der Waals surface area (Å²) in [7, 11) is 0. The first-order valence-electron chi connectivity index (χ1n) is 7.20. The lowest BCUT2D eigenvalue weighted by Crippen LogP contribution is -2.37. The molecule has 0 saturated heterocycles. The van der Waals surface area contributed by atoms with Crippen LogP contribution in [0.5, 0.6) is 0 Å². The van der Waals surface area contributed by atoms with Crippen molar-refractivity contribution >= 4 is 23.6 Å². The van der Waals surface area contributed by atoms with Crippen molar-refractivity contribution in [2.45, 2.75) is 32.4 Å². The number of amides is 3. The van der Waals surface area contributed by atoms with Crippen molar-refractivity contribution in [1.82, 2.24) is 5.32 Å². The average molecular weight is 322 g/mol. The molecule has 0 aliphatic heterocycles. The van der Waals surface area contributed by atoms with Crippen LogP contribution in [0.3, 0.4) is 0 Å². The summed E-state index contributed by atoms with van der Waals surface area (Å²) in [5.74, 6) is -0.656. The number of carbonyl (C=O) groups is 3. The number of nitrogens with one attached hydrogen (secondary N) is 2. The van der Waals surface area contributed by atoms with E-state index in [2.05, 4.69) is 10.6 Å². The predicted octanol–water partition coefficient (Wildman–Crippen LogP) is 0.464. The maximum absolute atomic E-state index is 11.9. The maximum atomic E-state index is 11.9. The Kier molecular flexibility index (Phi) is 7.55. The van der Waals surface area contributed by atoms with Gasteiger partial charge in [0.05, 0.1) is 6.04 Å². The van der Waals surface area contributed by atoms with Gasteiger partial charge in [-0.05, 0) is 30.5 Å². The normalized spacial score (nSPS) is 11.4. The molecule has 1 rings (SSSR count). The van der Waals surface area contributed by atoms with Crippen molar-refractivity contribution in [3.05, 3.63) is 29.8 Å². The first-order chi connectivity index (χ1) is 10.9. The Balaban J connectivity index is 2.38. The second kappa shape index (κ2) is 9.42. The molecule has 0 unspecified atom stereocenters. The molecule has 23 heavy (non-hydrogen) atoms. The fourth-order valence-electron chi connectivity index (χ4n) is 1.77. The van der Waals surface area contributed by atoms with Gasteiger partial charge in [-0.25, -0.2) is 4.79 Å². The van der Waals surface area contributed by atoms with Crippen LogP contribution in [0.1, 0.15) is 25.3 Å². The molecule has 0 fully saturated rings. The Hall–Kier alpha value is -2.61. The lowest BCUT2D eigenvalue weighted by molar-refractivity contribution is -0.142. The van der Waals surface area contributed by atoms with Crippen LogP contribution >= 0.6 is 0 Å². The van der Waals surface area contributed by atoms with E-state index in [1.54, 1.807) is 24.3 Å². The second-order valence-corrected chi connectivity index (χ2v) is 5.01.